The van der Waals surface area contributed by atoms with Crippen LogP contribution in [0.15, 0.2) is 47.6 Å². The third kappa shape index (κ3) is 6.13. The van der Waals surface area contributed by atoms with Crippen molar-refractivity contribution in [3.05, 3.63) is 59.4 Å². The minimum atomic E-state index is -0.809. The molecule has 1 atom stereocenters. The third-order valence-corrected chi connectivity index (χ3v) is 6.68. The van der Waals surface area contributed by atoms with Crippen molar-refractivity contribution in [3.8, 4) is 11.5 Å². The second kappa shape index (κ2) is 12.7. The molecule has 0 radical (unpaired) electrons. The molecule has 2 heterocycles. The van der Waals surface area contributed by atoms with Gasteiger partial charge in [0.25, 0.3) is 5.91 Å². The summed E-state index contributed by atoms with van der Waals surface area (Å²) in [4.78, 5) is 41.1. The van der Waals surface area contributed by atoms with Crippen molar-refractivity contribution >= 4 is 29.3 Å². The lowest BCUT2D eigenvalue weighted by atomic mass is 10.0. The van der Waals surface area contributed by atoms with Gasteiger partial charge in [-0.05, 0) is 69.5 Å². The molecule has 212 valence electrons. The molecule has 0 spiro atoms. The monoisotopic (exact) mass is 552 g/mol. The van der Waals surface area contributed by atoms with Crippen molar-refractivity contribution in [3.63, 3.8) is 0 Å². The van der Waals surface area contributed by atoms with Crippen molar-refractivity contribution in [1.82, 2.24) is 15.2 Å². The number of nitrogens with zero attached hydrogens (tertiary/aromatic N) is 4. The number of benzene rings is 2. The fourth-order valence-corrected chi connectivity index (χ4v) is 4.84. The maximum Gasteiger partial charge on any atom is 0.501 e. The van der Waals surface area contributed by atoms with Crippen LogP contribution < -0.4 is 14.8 Å². The Labute approximate surface area is 233 Å². The number of carbonyl (C=O) groups excluding carboxylic acids is 3. The molecule has 10 nitrogen and oxygen atoms in total. The number of hydrogen-bond acceptors (Lipinski definition) is 7. The maximum atomic E-state index is 13.6. The van der Waals surface area contributed by atoms with Crippen LogP contribution in [0, 0.1) is 5.82 Å². The Morgan fingerprint density at radius 1 is 1.02 bits per heavy atom. The number of likely N-dealkylation sites (N-methyl/N-ethyl adjacent to an activating group) is 1. The van der Waals surface area contributed by atoms with Crippen LogP contribution in [0.3, 0.4) is 0 Å². The lowest BCUT2D eigenvalue weighted by Gasteiger charge is -2.28. The van der Waals surface area contributed by atoms with Crippen LogP contribution in [0.2, 0.25) is 0 Å². The fourth-order valence-electron chi connectivity index (χ4n) is 4.84. The number of ether oxygens (including phenoxy) is 2. The summed E-state index contributed by atoms with van der Waals surface area (Å²) < 4.78 is 26.0. The molecule has 2 aliphatic rings. The van der Waals surface area contributed by atoms with Gasteiger partial charge in [-0.25, -0.2) is 9.18 Å². The van der Waals surface area contributed by atoms with E-state index in [2.05, 4.69) is 10.4 Å². The number of hydrogen-bond donors (Lipinski definition) is 1. The average molecular weight is 553 g/mol. The van der Waals surface area contributed by atoms with E-state index in [0.717, 1.165) is 10.5 Å². The minimum Gasteiger partial charge on any atom is -0.490 e. The Balaban J connectivity index is 1.49. The predicted octanol–water partition coefficient (Wildman–Crippen LogP) is 2.98. The first-order chi connectivity index (χ1) is 19.3. The molecule has 0 aliphatic carbocycles. The van der Waals surface area contributed by atoms with Gasteiger partial charge >= 0.3 is 11.9 Å². The normalized spacial score (nSPS) is 16.7. The van der Waals surface area contributed by atoms with Gasteiger partial charge in [-0.2, -0.15) is 19.4 Å². The highest BCUT2D eigenvalue weighted by molar-refractivity contribution is 6.48. The largest absolute Gasteiger partial charge is 0.501 e. The number of hydrazone groups is 1. The van der Waals surface area contributed by atoms with Crippen molar-refractivity contribution < 1.29 is 32.8 Å². The van der Waals surface area contributed by atoms with E-state index in [1.54, 1.807) is 11.9 Å². The van der Waals surface area contributed by atoms with Crippen LogP contribution in [-0.2, 0) is 22.6 Å². The Bertz CT molecular complexity index is 1340. The zero-order valence-corrected chi connectivity index (χ0v) is 23.3. The standard InChI is InChI=1S/C29H34FN5O5/c1-5-35-27-26(19(4)32-35)33(29(38)34(28(27)37)17-21-8-11-22(30)12-9-21)18-25(36)31-15-14-20-10-13-23(39-6-2)24(16-20)40-7-3/h8-13,16,27H,5-7,14-15,17-18H2,1-4H3/p+1. The van der Waals surface area contributed by atoms with Crippen molar-refractivity contribution in [2.45, 2.75) is 46.7 Å². The average Bonchev–Trinajstić information content (AvgIpc) is 3.28. The van der Waals surface area contributed by atoms with Crippen molar-refractivity contribution in [2.24, 2.45) is 5.10 Å². The number of carbonyl (C=O) groups is 3. The molecule has 4 rings (SSSR count). The van der Waals surface area contributed by atoms with Crippen molar-refractivity contribution in [2.75, 3.05) is 32.8 Å². The highest BCUT2D eigenvalue weighted by Crippen LogP contribution is 2.28. The van der Waals surface area contributed by atoms with Gasteiger partial charge in [-0.15, -0.1) is 0 Å². The summed E-state index contributed by atoms with van der Waals surface area (Å²) in [6, 6.07) is 9.85. The highest BCUT2D eigenvalue weighted by atomic mass is 19.1. The van der Waals surface area contributed by atoms with Gasteiger partial charge < -0.3 is 14.8 Å². The molecular weight excluding hydrogens is 517 g/mol. The van der Waals surface area contributed by atoms with Crippen LogP contribution in [0.4, 0.5) is 9.18 Å². The topological polar surface area (TPSA) is 104 Å². The quantitative estimate of drug-likeness (QED) is 0.406. The van der Waals surface area contributed by atoms with E-state index in [1.165, 1.54) is 28.8 Å². The van der Waals surface area contributed by atoms with Crippen LogP contribution in [0.25, 0.3) is 0 Å². The van der Waals surface area contributed by atoms with Gasteiger partial charge in [0.15, 0.2) is 23.8 Å². The third-order valence-electron chi connectivity index (χ3n) is 6.68. The molecule has 1 N–H and O–H groups in total. The molecule has 1 unspecified atom stereocenters. The van der Waals surface area contributed by atoms with Crippen molar-refractivity contribution in [1.29, 1.82) is 0 Å². The number of halogens is 1. The Hall–Kier alpha value is -4.28. The summed E-state index contributed by atoms with van der Waals surface area (Å²) in [5.74, 6) is 0.113. The second-order valence-corrected chi connectivity index (χ2v) is 9.40. The molecule has 11 heteroatoms. The summed E-state index contributed by atoms with van der Waals surface area (Å²) in [5.41, 5.74) is 2.48. The molecule has 0 fully saturated rings. The van der Waals surface area contributed by atoms with Gasteiger partial charge in [0.2, 0.25) is 6.04 Å². The lowest BCUT2D eigenvalue weighted by Crippen LogP contribution is -2.61. The first kappa shape index (κ1) is 28.7. The summed E-state index contributed by atoms with van der Waals surface area (Å²) in [7, 11) is 0. The van der Waals surface area contributed by atoms with Gasteiger partial charge in [-0.3, -0.25) is 9.80 Å². The molecule has 0 saturated carbocycles. The van der Waals surface area contributed by atoms with E-state index in [1.807, 2.05) is 39.0 Å². The molecular formula is C29H35FN5O5+. The van der Waals surface area contributed by atoms with Crippen LogP contribution in [0.1, 0.15) is 38.8 Å². The van der Waals surface area contributed by atoms with Gasteiger partial charge in [0.1, 0.15) is 18.1 Å². The predicted molar refractivity (Wildman–Crippen MR) is 147 cm³/mol. The van der Waals surface area contributed by atoms with E-state index >= 15 is 0 Å². The number of amides is 4. The number of urea groups is 1. The van der Waals surface area contributed by atoms with Crippen LogP contribution >= 0.6 is 0 Å². The second-order valence-electron chi connectivity index (χ2n) is 9.40. The fraction of sp³-hybridized carbons (Fsp3) is 0.414. The SMILES string of the molecule is CCOc1ccc(CCNC(=O)C[N+]2=C3C(C)=NN(CC)C3C(=O)N(Cc3ccc(F)cc3)C2=O)cc1OCC. The smallest absolute Gasteiger partial charge is 0.490 e. The lowest BCUT2D eigenvalue weighted by molar-refractivity contribution is -0.427. The molecule has 0 saturated heterocycles. The van der Waals surface area contributed by atoms with E-state index in [4.69, 9.17) is 9.47 Å². The molecule has 2 aromatic carbocycles. The summed E-state index contributed by atoms with van der Waals surface area (Å²) in [5, 5.41) is 8.95. The minimum absolute atomic E-state index is 0.0453. The van der Waals surface area contributed by atoms with Crippen LogP contribution in [0.5, 0.6) is 11.5 Å². The molecule has 40 heavy (non-hydrogen) atoms. The van der Waals surface area contributed by atoms with Gasteiger partial charge in [-0.1, -0.05) is 18.2 Å². The highest BCUT2D eigenvalue weighted by Gasteiger charge is 2.54. The number of nitrogens with one attached hydrogen (secondary N) is 1. The van der Waals surface area contributed by atoms with E-state index in [0.29, 0.717) is 61.2 Å². The number of rotatable bonds is 12. The molecule has 0 bridgehead atoms. The van der Waals surface area contributed by atoms with E-state index in [-0.39, 0.29) is 19.0 Å². The van der Waals surface area contributed by atoms with Gasteiger partial charge in [0.05, 0.1) is 13.2 Å². The van der Waals surface area contributed by atoms with Gasteiger partial charge in [0, 0.05) is 13.1 Å². The Morgan fingerprint density at radius 2 is 1.70 bits per heavy atom. The Morgan fingerprint density at radius 3 is 2.38 bits per heavy atom. The maximum absolute atomic E-state index is 13.6. The molecule has 2 aromatic rings. The first-order valence-corrected chi connectivity index (χ1v) is 13.5. The zero-order valence-electron chi connectivity index (χ0n) is 23.3. The number of fused-ring (bicyclic) bond motifs is 1. The molecule has 2 aliphatic heterocycles. The van der Waals surface area contributed by atoms with E-state index < -0.39 is 23.8 Å². The summed E-state index contributed by atoms with van der Waals surface area (Å²) in [6.45, 7) is 8.89. The number of imide groups is 1. The van der Waals surface area contributed by atoms with E-state index in [9.17, 15) is 18.8 Å². The molecule has 4 amide bonds. The Kier molecular flexibility index (Phi) is 9.13. The summed E-state index contributed by atoms with van der Waals surface area (Å²) in [6.07, 6.45) is 0.546. The van der Waals surface area contributed by atoms with Crippen LogP contribution in [-0.4, -0.2) is 82.6 Å². The summed E-state index contributed by atoms with van der Waals surface area (Å²) >= 11 is 0. The molecule has 0 aromatic heterocycles. The first-order valence-electron chi connectivity index (χ1n) is 13.5. The zero-order chi connectivity index (χ0) is 28.8.